The van der Waals surface area contributed by atoms with Crippen LogP contribution in [0.3, 0.4) is 0 Å². The lowest BCUT2D eigenvalue weighted by Gasteiger charge is -2.01. The van der Waals surface area contributed by atoms with Crippen molar-refractivity contribution in [3.63, 3.8) is 0 Å². The summed E-state index contributed by atoms with van der Waals surface area (Å²) < 4.78 is 1.72. The van der Waals surface area contributed by atoms with Crippen molar-refractivity contribution < 1.29 is 0 Å². The largest absolute Gasteiger partial charge is 0.395 e. The van der Waals surface area contributed by atoms with Crippen LogP contribution in [0, 0.1) is 0 Å². The minimum Gasteiger partial charge on any atom is -0.395 e. The van der Waals surface area contributed by atoms with Gasteiger partial charge in [0.25, 0.3) is 5.56 Å². The number of aryl methyl sites for hydroxylation is 2. The van der Waals surface area contributed by atoms with Gasteiger partial charge in [0, 0.05) is 19.3 Å². The molecule has 96 valence electrons. The molecule has 0 atom stereocenters. The molecule has 2 heterocycles. The van der Waals surface area contributed by atoms with Gasteiger partial charge in [-0.15, -0.1) is 0 Å². The van der Waals surface area contributed by atoms with Crippen molar-refractivity contribution in [1.29, 1.82) is 0 Å². The van der Waals surface area contributed by atoms with Crippen LogP contribution in [-0.4, -0.2) is 19.7 Å². The van der Waals surface area contributed by atoms with Gasteiger partial charge in [0.2, 0.25) is 0 Å². The third-order valence-corrected chi connectivity index (χ3v) is 3.51. The molecule has 0 amide bonds. The zero-order chi connectivity index (χ0) is 13.1. The van der Waals surface area contributed by atoms with Crippen molar-refractivity contribution in [3.8, 4) is 0 Å². The molecule has 2 aromatic heterocycles. The topological polar surface area (TPSA) is 89.6 Å². The summed E-state index contributed by atoms with van der Waals surface area (Å²) >= 11 is 1.31. The molecule has 0 fully saturated rings. The van der Waals surface area contributed by atoms with Crippen LogP contribution in [0.5, 0.6) is 0 Å². The molecule has 0 aliphatic rings. The van der Waals surface area contributed by atoms with E-state index in [-0.39, 0.29) is 5.56 Å². The molecule has 3 N–H and O–H groups in total. The van der Waals surface area contributed by atoms with Gasteiger partial charge in [-0.05, 0) is 18.2 Å². The molecule has 6 nitrogen and oxygen atoms in total. The summed E-state index contributed by atoms with van der Waals surface area (Å²) in [5.41, 5.74) is 7.43. The summed E-state index contributed by atoms with van der Waals surface area (Å²) in [5, 5.41) is 5.68. The van der Waals surface area contributed by atoms with Crippen LogP contribution in [0.2, 0.25) is 0 Å². The summed E-state index contributed by atoms with van der Waals surface area (Å²) in [6.07, 6.45) is 3.31. The Labute approximate surface area is 109 Å². The van der Waals surface area contributed by atoms with Gasteiger partial charge in [-0.25, -0.2) is 4.98 Å². The number of aromatic amines is 1. The van der Waals surface area contributed by atoms with E-state index in [4.69, 9.17) is 5.73 Å². The van der Waals surface area contributed by atoms with Gasteiger partial charge < -0.3 is 10.7 Å². The SMILES string of the molecule is CCCc1nn(C)c(Sc2nccc(=O)[nH]2)c1N. The summed E-state index contributed by atoms with van der Waals surface area (Å²) in [5.74, 6) is 0. The van der Waals surface area contributed by atoms with Crippen LogP contribution in [0.4, 0.5) is 5.69 Å². The van der Waals surface area contributed by atoms with E-state index in [2.05, 4.69) is 22.0 Å². The Morgan fingerprint density at radius 1 is 1.56 bits per heavy atom. The van der Waals surface area contributed by atoms with Gasteiger partial charge in [0.05, 0.1) is 11.4 Å². The van der Waals surface area contributed by atoms with Crippen molar-refractivity contribution in [1.82, 2.24) is 19.7 Å². The van der Waals surface area contributed by atoms with Gasteiger partial charge >= 0.3 is 0 Å². The van der Waals surface area contributed by atoms with E-state index < -0.39 is 0 Å². The molecule has 0 aromatic carbocycles. The van der Waals surface area contributed by atoms with Crippen molar-refractivity contribution >= 4 is 17.4 Å². The number of anilines is 1. The third-order valence-electron chi connectivity index (χ3n) is 2.43. The Kier molecular flexibility index (Phi) is 3.71. The van der Waals surface area contributed by atoms with Crippen molar-refractivity contribution in [3.05, 3.63) is 28.3 Å². The predicted octanol–water partition coefficient (Wildman–Crippen LogP) is 1.19. The highest BCUT2D eigenvalue weighted by Gasteiger charge is 2.14. The quantitative estimate of drug-likeness (QED) is 0.810. The number of hydrogen-bond donors (Lipinski definition) is 2. The molecule has 0 spiro atoms. The van der Waals surface area contributed by atoms with Crippen LogP contribution >= 0.6 is 11.8 Å². The molecular weight excluding hydrogens is 250 g/mol. The lowest BCUT2D eigenvalue weighted by molar-refractivity contribution is 0.680. The van der Waals surface area contributed by atoms with E-state index in [1.807, 2.05) is 7.05 Å². The summed E-state index contributed by atoms with van der Waals surface area (Å²) in [6.45, 7) is 2.08. The molecular formula is C11H15N5OS. The highest BCUT2D eigenvalue weighted by Crippen LogP contribution is 2.31. The maximum Gasteiger partial charge on any atom is 0.251 e. The fraction of sp³-hybridized carbons (Fsp3) is 0.364. The molecule has 0 unspecified atom stereocenters. The van der Waals surface area contributed by atoms with E-state index in [1.165, 1.54) is 24.0 Å². The van der Waals surface area contributed by atoms with Crippen molar-refractivity contribution in [2.45, 2.75) is 29.9 Å². The number of nitrogens with one attached hydrogen (secondary N) is 1. The van der Waals surface area contributed by atoms with Gasteiger partial charge in [-0.2, -0.15) is 5.10 Å². The Morgan fingerprint density at radius 3 is 3.00 bits per heavy atom. The summed E-state index contributed by atoms with van der Waals surface area (Å²) in [6, 6.07) is 1.37. The van der Waals surface area contributed by atoms with E-state index in [0.29, 0.717) is 10.8 Å². The maximum absolute atomic E-state index is 11.2. The maximum atomic E-state index is 11.2. The minimum absolute atomic E-state index is 0.179. The predicted molar refractivity (Wildman–Crippen MR) is 70.6 cm³/mol. The van der Waals surface area contributed by atoms with Gasteiger partial charge in [0.15, 0.2) is 5.16 Å². The van der Waals surface area contributed by atoms with E-state index in [1.54, 1.807) is 4.68 Å². The highest BCUT2D eigenvalue weighted by atomic mass is 32.2. The second kappa shape index (κ2) is 5.26. The average molecular weight is 265 g/mol. The number of H-pyrrole nitrogens is 1. The fourth-order valence-corrected chi connectivity index (χ4v) is 2.47. The second-order valence-electron chi connectivity index (χ2n) is 3.88. The molecule has 0 radical (unpaired) electrons. The number of rotatable bonds is 4. The second-order valence-corrected chi connectivity index (χ2v) is 4.86. The normalized spacial score (nSPS) is 10.8. The van der Waals surface area contributed by atoms with Gasteiger partial charge in [0.1, 0.15) is 5.03 Å². The van der Waals surface area contributed by atoms with Crippen molar-refractivity contribution in [2.75, 3.05) is 5.73 Å². The monoisotopic (exact) mass is 265 g/mol. The molecule has 2 rings (SSSR count). The van der Waals surface area contributed by atoms with E-state index in [9.17, 15) is 4.79 Å². The molecule has 2 aromatic rings. The average Bonchev–Trinajstić information content (AvgIpc) is 2.58. The summed E-state index contributed by atoms with van der Waals surface area (Å²) in [7, 11) is 1.83. The Balaban J connectivity index is 2.31. The molecule has 0 bridgehead atoms. The van der Waals surface area contributed by atoms with E-state index in [0.717, 1.165) is 23.6 Å². The van der Waals surface area contributed by atoms with Crippen LogP contribution in [0.15, 0.2) is 27.2 Å². The lowest BCUT2D eigenvalue weighted by Crippen LogP contribution is -2.05. The number of nitrogens with zero attached hydrogens (tertiary/aromatic N) is 3. The standard InChI is InChI=1S/C11H15N5OS/c1-3-4-7-9(12)10(16(2)15-7)18-11-13-6-5-8(17)14-11/h5-6H,3-4,12H2,1-2H3,(H,13,14,17). The highest BCUT2D eigenvalue weighted by molar-refractivity contribution is 7.99. The first-order valence-electron chi connectivity index (χ1n) is 5.66. The number of nitrogens with two attached hydrogens (primary N) is 1. The zero-order valence-electron chi connectivity index (χ0n) is 10.3. The molecule has 0 saturated heterocycles. The van der Waals surface area contributed by atoms with E-state index >= 15 is 0 Å². The fourth-order valence-electron chi connectivity index (χ4n) is 1.62. The number of aromatic nitrogens is 4. The van der Waals surface area contributed by atoms with Crippen LogP contribution in [-0.2, 0) is 13.5 Å². The number of hydrogen-bond acceptors (Lipinski definition) is 5. The van der Waals surface area contributed by atoms with Crippen molar-refractivity contribution in [2.24, 2.45) is 7.05 Å². The lowest BCUT2D eigenvalue weighted by atomic mass is 10.2. The first-order valence-corrected chi connectivity index (χ1v) is 6.48. The number of nitrogen functional groups attached to an aromatic ring is 1. The Morgan fingerprint density at radius 2 is 2.33 bits per heavy atom. The van der Waals surface area contributed by atoms with Gasteiger partial charge in [-0.3, -0.25) is 9.48 Å². The van der Waals surface area contributed by atoms with Crippen LogP contribution < -0.4 is 11.3 Å². The van der Waals surface area contributed by atoms with Crippen LogP contribution in [0.1, 0.15) is 19.0 Å². The zero-order valence-corrected chi connectivity index (χ0v) is 11.1. The molecule has 18 heavy (non-hydrogen) atoms. The third kappa shape index (κ3) is 2.56. The molecule has 0 aliphatic heterocycles. The first kappa shape index (κ1) is 12.7. The smallest absolute Gasteiger partial charge is 0.251 e. The van der Waals surface area contributed by atoms with Gasteiger partial charge in [-0.1, -0.05) is 13.3 Å². The summed E-state index contributed by atoms with van der Waals surface area (Å²) in [4.78, 5) is 17.9. The molecule has 0 aliphatic carbocycles. The minimum atomic E-state index is -0.179. The Hall–Kier alpha value is -1.76. The Bertz CT molecular complexity index is 604. The molecule has 7 heteroatoms. The molecule has 0 saturated carbocycles. The first-order chi connectivity index (χ1) is 8.61. The van der Waals surface area contributed by atoms with Crippen LogP contribution in [0.25, 0.3) is 0 Å².